The van der Waals surface area contributed by atoms with Gasteiger partial charge in [-0.25, -0.2) is 4.79 Å². The summed E-state index contributed by atoms with van der Waals surface area (Å²) in [6, 6.07) is 15.8. The Kier molecular flexibility index (Phi) is 15.4. The van der Waals surface area contributed by atoms with E-state index >= 15 is 0 Å². The van der Waals surface area contributed by atoms with E-state index in [4.69, 9.17) is 14.2 Å². The quantitative estimate of drug-likeness (QED) is 0.103. The van der Waals surface area contributed by atoms with Gasteiger partial charge in [-0.2, -0.15) is 0 Å². The predicted molar refractivity (Wildman–Crippen MR) is 153 cm³/mol. The summed E-state index contributed by atoms with van der Waals surface area (Å²) >= 11 is 3.47. The molecule has 37 heavy (non-hydrogen) atoms. The minimum Gasteiger partial charge on any atom is -0.493 e. The topological polar surface area (TPSA) is 61.8 Å². The largest absolute Gasteiger partial charge is 0.493 e. The van der Waals surface area contributed by atoms with E-state index in [-0.39, 0.29) is 17.9 Å². The van der Waals surface area contributed by atoms with Crippen molar-refractivity contribution in [1.29, 1.82) is 0 Å². The summed E-state index contributed by atoms with van der Waals surface area (Å²) in [5, 5.41) is 1.03. The Morgan fingerprint density at radius 1 is 0.892 bits per heavy atom. The van der Waals surface area contributed by atoms with Crippen molar-refractivity contribution in [3.63, 3.8) is 0 Å². The molecule has 1 atom stereocenters. The molecule has 0 spiro atoms. The number of rotatable bonds is 18. The lowest BCUT2D eigenvalue weighted by Gasteiger charge is -2.14. The molecule has 0 bridgehead atoms. The van der Waals surface area contributed by atoms with Crippen molar-refractivity contribution in [3.05, 3.63) is 71.3 Å². The molecule has 0 aliphatic carbocycles. The molecule has 202 valence electrons. The third kappa shape index (κ3) is 12.5. The number of carbonyl (C=O) groups is 2. The molecule has 0 aliphatic heterocycles. The fourth-order valence-electron chi connectivity index (χ4n) is 4.01. The van der Waals surface area contributed by atoms with Crippen LogP contribution in [-0.2, 0) is 20.7 Å². The zero-order chi connectivity index (χ0) is 26.7. The molecule has 0 heterocycles. The van der Waals surface area contributed by atoms with Gasteiger partial charge in [-0.15, -0.1) is 0 Å². The first kappa shape index (κ1) is 30.6. The molecule has 5 nitrogen and oxygen atoms in total. The van der Waals surface area contributed by atoms with Crippen molar-refractivity contribution in [2.24, 2.45) is 5.92 Å². The van der Waals surface area contributed by atoms with E-state index < -0.39 is 0 Å². The summed E-state index contributed by atoms with van der Waals surface area (Å²) in [6.07, 6.45) is 11.7. The van der Waals surface area contributed by atoms with Gasteiger partial charge in [0.15, 0.2) is 0 Å². The van der Waals surface area contributed by atoms with Gasteiger partial charge in [0.1, 0.15) is 5.75 Å². The molecule has 0 saturated carbocycles. The lowest BCUT2D eigenvalue weighted by molar-refractivity contribution is -0.143. The molecular formula is C31H41BrO5. The van der Waals surface area contributed by atoms with E-state index in [2.05, 4.69) is 34.1 Å². The van der Waals surface area contributed by atoms with Crippen molar-refractivity contribution in [1.82, 2.24) is 0 Å². The van der Waals surface area contributed by atoms with Gasteiger partial charge in [-0.1, -0.05) is 64.8 Å². The van der Waals surface area contributed by atoms with Crippen molar-refractivity contribution < 1.29 is 23.8 Å². The molecule has 0 saturated heterocycles. The highest BCUT2D eigenvalue weighted by molar-refractivity contribution is 9.09. The molecule has 0 aromatic heterocycles. The van der Waals surface area contributed by atoms with Gasteiger partial charge < -0.3 is 14.2 Å². The molecule has 0 N–H and O–H groups in total. The number of halogens is 1. The number of alkyl halides is 1. The zero-order valence-corrected chi connectivity index (χ0v) is 23.8. The molecule has 0 amide bonds. The molecule has 2 aromatic carbocycles. The average molecular weight is 574 g/mol. The maximum absolute atomic E-state index is 12.0. The van der Waals surface area contributed by atoms with Crippen molar-refractivity contribution >= 4 is 33.9 Å². The van der Waals surface area contributed by atoms with Crippen LogP contribution in [0.25, 0.3) is 6.08 Å². The highest BCUT2D eigenvalue weighted by Gasteiger charge is 2.11. The number of para-hydroxylation sites is 1. The number of esters is 2. The summed E-state index contributed by atoms with van der Waals surface area (Å²) in [5.41, 5.74) is 2.79. The lowest BCUT2D eigenvalue weighted by Crippen LogP contribution is -2.06. The van der Waals surface area contributed by atoms with E-state index in [0.717, 1.165) is 67.2 Å². The van der Waals surface area contributed by atoms with Crippen LogP contribution in [0.5, 0.6) is 5.75 Å². The Balaban J connectivity index is 2.06. The van der Waals surface area contributed by atoms with Crippen LogP contribution in [0.1, 0.15) is 80.3 Å². The lowest BCUT2D eigenvalue weighted by atomic mass is 9.92. The molecule has 0 fully saturated rings. The molecule has 0 aliphatic rings. The van der Waals surface area contributed by atoms with Crippen LogP contribution >= 0.6 is 15.9 Å². The zero-order valence-electron chi connectivity index (χ0n) is 22.3. The summed E-state index contributed by atoms with van der Waals surface area (Å²) in [4.78, 5) is 23.7. The first-order chi connectivity index (χ1) is 18.1. The van der Waals surface area contributed by atoms with Gasteiger partial charge in [0.25, 0.3) is 0 Å². The Morgan fingerprint density at radius 3 is 2.38 bits per heavy atom. The van der Waals surface area contributed by atoms with Gasteiger partial charge in [0, 0.05) is 17.3 Å². The van der Waals surface area contributed by atoms with E-state index in [1.54, 1.807) is 6.92 Å². The summed E-state index contributed by atoms with van der Waals surface area (Å²) in [6.45, 7) is 5.13. The maximum atomic E-state index is 12.0. The number of carbonyl (C=O) groups excluding carboxylic acids is 2. The van der Waals surface area contributed by atoms with Gasteiger partial charge in [0.2, 0.25) is 0 Å². The van der Waals surface area contributed by atoms with Gasteiger partial charge >= 0.3 is 11.9 Å². The normalized spacial score (nSPS) is 11.9. The molecule has 1 unspecified atom stereocenters. The second-order valence-electron chi connectivity index (χ2n) is 8.93. The number of benzene rings is 2. The number of unbranched alkanes of at least 4 members (excludes halogenated alkanes) is 3. The molecular weight excluding hydrogens is 532 g/mol. The van der Waals surface area contributed by atoms with Crippen LogP contribution in [0.3, 0.4) is 0 Å². The van der Waals surface area contributed by atoms with Gasteiger partial charge in [-0.05, 0) is 82.1 Å². The third-order valence-electron chi connectivity index (χ3n) is 5.98. The number of ether oxygens (including phenoxy) is 3. The molecule has 6 heteroatoms. The third-order valence-corrected chi connectivity index (χ3v) is 6.54. The summed E-state index contributed by atoms with van der Waals surface area (Å²) < 4.78 is 16.2. The number of hydrogen-bond acceptors (Lipinski definition) is 5. The predicted octanol–water partition coefficient (Wildman–Crippen LogP) is 7.80. The summed E-state index contributed by atoms with van der Waals surface area (Å²) in [5.74, 6) is 0.750. The molecule has 0 radical (unpaired) electrons. The monoisotopic (exact) mass is 572 g/mol. The second-order valence-corrected chi connectivity index (χ2v) is 9.72. The molecule has 2 rings (SSSR count). The maximum Gasteiger partial charge on any atom is 0.338 e. The van der Waals surface area contributed by atoms with Gasteiger partial charge in [-0.3, -0.25) is 4.79 Å². The van der Waals surface area contributed by atoms with Gasteiger partial charge in [0.05, 0.1) is 25.4 Å². The number of allylic oxidation sites excluding steroid dienone is 1. The standard InChI is InChI=1S/C31H41BrO5/c1-3-35-30(33)15-9-6-12-25(24-26-17-20-28(21-18-26)31(34)36-4-2)16-19-27-13-7-8-14-29(27)37-23-11-5-10-22-32/h7-8,13-14,16-21,25H,3-6,9-12,15,22-24H2,1-2H3/b19-16+. The SMILES string of the molecule is CCOC(=O)CCCCC(/C=C/c1ccccc1OCCCCCBr)Cc1ccc(C(=O)OCC)cc1. The Bertz CT molecular complexity index is 954. The van der Waals surface area contributed by atoms with Crippen LogP contribution in [-0.4, -0.2) is 37.1 Å². The van der Waals surface area contributed by atoms with Crippen molar-refractivity contribution in [2.75, 3.05) is 25.2 Å². The van der Waals surface area contributed by atoms with E-state index in [1.807, 2.05) is 49.4 Å². The minimum absolute atomic E-state index is 0.133. The Labute approximate surface area is 230 Å². The first-order valence-electron chi connectivity index (χ1n) is 13.4. The highest BCUT2D eigenvalue weighted by atomic mass is 79.9. The second kappa shape index (κ2) is 18.6. The fraction of sp³-hybridized carbons (Fsp3) is 0.484. The van der Waals surface area contributed by atoms with Crippen LogP contribution in [0, 0.1) is 5.92 Å². The van der Waals surface area contributed by atoms with Crippen LogP contribution in [0.4, 0.5) is 0 Å². The summed E-state index contributed by atoms with van der Waals surface area (Å²) in [7, 11) is 0. The van der Waals surface area contributed by atoms with Crippen LogP contribution < -0.4 is 4.74 Å². The van der Waals surface area contributed by atoms with Crippen molar-refractivity contribution in [2.45, 2.75) is 65.2 Å². The van der Waals surface area contributed by atoms with E-state index in [0.29, 0.717) is 31.8 Å². The van der Waals surface area contributed by atoms with E-state index in [9.17, 15) is 9.59 Å². The molecule has 2 aromatic rings. The van der Waals surface area contributed by atoms with Crippen molar-refractivity contribution in [3.8, 4) is 5.75 Å². The number of hydrogen-bond donors (Lipinski definition) is 0. The minimum atomic E-state index is -0.298. The smallest absolute Gasteiger partial charge is 0.338 e. The van der Waals surface area contributed by atoms with E-state index in [1.165, 1.54) is 0 Å². The fourth-order valence-corrected chi connectivity index (χ4v) is 4.41. The Morgan fingerprint density at radius 2 is 1.65 bits per heavy atom. The first-order valence-corrected chi connectivity index (χ1v) is 14.6. The average Bonchev–Trinajstić information content (AvgIpc) is 2.90. The highest BCUT2D eigenvalue weighted by Crippen LogP contribution is 2.24. The Hall–Kier alpha value is -2.60. The van der Waals surface area contributed by atoms with Crippen LogP contribution in [0.15, 0.2) is 54.6 Å². The van der Waals surface area contributed by atoms with Crippen LogP contribution in [0.2, 0.25) is 0 Å².